The minimum atomic E-state index is -1.32. The Hall–Kier alpha value is -3.98. The SMILES string of the molecule is Cc1cccnc1OC[C@H]1CCCN1c1cc2c(cc1Cl)c(=O)c(C(=O)O)cn2-c1cnccn1. The van der Waals surface area contributed by atoms with E-state index in [2.05, 4.69) is 19.9 Å². The van der Waals surface area contributed by atoms with Crippen molar-refractivity contribution >= 4 is 34.2 Å². The molecule has 1 aromatic carbocycles. The molecule has 35 heavy (non-hydrogen) atoms. The van der Waals surface area contributed by atoms with Gasteiger partial charge < -0.3 is 14.7 Å². The second kappa shape index (κ2) is 9.34. The molecule has 1 saturated heterocycles. The van der Waals surface area contributed by atoms with Crippen molar-refractivity contribution in [1.29, 1.82) is 0 Å². The van der Waals surface area contributed by atoms with Gasteiger partial charge in [-0.1, -0.05) is 17.7 Å². The van der Waals surface area contributed by atoms with Gasteiger partial charge in [-0.15, -0.1) is 0 Å². The maximum absolute atomic E-state index is 13.0. The van der Waals surface area contributed by atoms with Gasteiger partial charge in [0, 0.05) is 42.3 Å². The second-order valence-electron chi connectivity index (χ2n) is 8.36. The Morgan fingerprint density at radius 1 is 1.26 bits per heavy atom. The third-order valence-electron chi connectivity index (χ3n) is 6.16. The van der Waals surface area contributed by atoms with Crippen LogP contribution in [-0.4, -0.2) is 49.8 Å². The van der Waals surface area contributed by atoms with Crippen LogP contribution in [0.4, 0.5) is 5.69 Å². The Morgan fingerprint density at radius 2 is 2.11 bits per heavy atom. The molecule has 4 aromatic rings. The number of carbonyl (C=O) groups is 1. The zero-order chi connectivity index (χ0) is 24.5. The molecule has 0 radical (unpaired) electrons. The van der Waals surface area contributed by atoms with Gasteiger partial charge in [-0.05, 0) is 38.0 Å². The van der Waals surface area contributed by atoms with E-state index in [-0.39, 0.29) is 17.0 Å². The summed E-state index contributed by atoms with van der Waals surface area (Å²) in [7, 11) is 0. The number of halogens is 1. The summed E-state index contributed by atoms with van der Waals surface area (Å²) in [4.78, 5) is 39.6. The molecule has 1 atom stereocenters. The van der Waals surface area contributed by atoms with E-state index in [1.165, 1.54) is 30.9 Å². The fraction of sp³-hybridized carbons (Fsp3) is 0.240. The third kappa shape index (κ3) is 4.30. The molecule has 0 saturated carbocycles. The number of hydrogen-bond donors (Lipinski definition) is 1. The van der Waals surface area contributed by atoms with Crippen LogP contribution in [0.25, 0.3) is 16.7 Å². The molecule has 0 aliphatic carbocycles. The first kappa shape index (κ1) is 22.8. The van der Waals surface area contributed by atoms with Crippen LogP contribution in [0.2, 0.25) is 5.02 Å². The van der Waals surface area contributed by atoms with Crippen LogP contribution in [0.1, 0.15) is 28.8 Å². The van der Waals surface area contributed by atoms with Gasteiger partial charge >= 0.3 is 5.97 Å². The molecule has 1 aliphatic rings. The first-order valence-corrected chi connectivity index (χ1v) is 11.5. The highest BCUT2D eigenvalue weighted by Gasteiger charge is 2.28. The molecule has 9 nitrogen and oxygen atoms in total. The number of anilines is 1. The maximum Gasteiger partial charge on any atom is 0.341 e. The lowest BCUT2D eigenvalue weighted by molar-refractivity contribution is 0.0695. The topological polar surface area (TPSA) is 110 Å². The number of benzene rings is 1. The number of carboxylic acids is 1. The Morgan fingerprint density at radius 3 is 2.86 bits per heavy atom. The van der Waals surface area contributed by atoms with Crippen LogP contribution in [0.5, 0.6) is 5.88 Å². The minimum Gasteiger partial charge on any atom is -0.477 e. The van der Waals surface area contributed by atoms with Gasteiger partial charge in [-0.25, -0.2) is 14.8 Å². The van der Waals surface area contributed by atoms with Gasteiger partial charge in [-0.2, -0.15) is 0 Å². The van der Waals surface area contributed by atoms with Crippen molar-refractivity contribution in [2.45, 2.75) is 25.8 Å². The molecule has 1 aliphatic heterocycles. The summed E-state index contributed by atoms with van der Waals surface area (Å²) in [5.74, 6) is -0.335. The van der Waals surface area contributed by atoms with E-state index in [4.69, 9.17) is 16.3 Å². The maximum atomic E-state index is 13.0. The highest BCUT2D eigenvalue weighted by molar-refractivity contribution is 6.34. The number of nitrogens with zero attached hydrogens (tertiary/aromatic N) is 5. The number of aromatic nitrogens is 4. The number of aryl methyl sites for hydroxylation is 1. The van der Waals surface area contributed by atoms with Crippen molar-refractivity contribution in [1.82, 2.24) is 19.5 Å². The van der Waals surface area contributed by atoms with E-state index in [1.807, 2.05) is 25.1 Å². The summed E-state index contributed by atoms with van der Waals surface area (Å²) in [6.45, 7) is 3.15. The van der Waals surface area contributed by atoms with E-state index in [0.717, 1.165) is 30.6 Å². The lowest BCUT2D eigenvalue weighted by Gasteiger charge is -2.28. The highest BCUT2D eigenvalue weighted by atomic mass is 35.5. The fourth-order valence-electron chi connectivity index (χ4n) is 4.44. The number of hydrogen-bond acceptors (Lipinski definition) is 7. The molecule has 5 rings (SSSR count). The smallest absolute Gasteiger partial charge is 0.341 e. The Bertz CT molecular complexity index is 1470. The second-order valence-corrected chi connectivity index (χ2v) is 8.76. The zero-order valence-corrected chi connectivity index (χ0v) is 19.6. The molecule has 0 spiro atoms. The Balaban J connectivity index is 1.58. The molecule has 10 heteroatoms. The first-order chi connectivity index (χ1) is 16.9. The first-order valence-electron chi connectivity index (χ1n) is 11.1. The molecule has 4 heterocycles. The van der Waals surface area contributed by atoms with E-state index in [1.54, 1.807) is 10.8 Å². The summed E-state index contributed by atoms with van der Waals surface area (Å²) < 4.78 is 7.58. The molecule has 1 N–H and O–H groups in total. The van der Waals surface area contributed by atoms with Crippen molar-refractivity contribution in [2.75, 3.05) is 18.1 Å². The van der Waals surface area contributed by atoms with Gasteiger partial charge in [0.15, 0.2) is 5.82 Å². The summed E-state index contributed by atoms with van der Waals surface area (Å²) >= 11 is 6.67. The quantitative estimate of drug-likeness (QED) is 0.432. The average Bonchev–Trinajstić information content (AvgIpc) is 3.32. The van der Waals surface area contributed by atoms with E-state index in [9.17, 15) is 14.7 Å². The van der Waals surface area contributed by atoms with E-state index in [0.29, 0.717) is 28.8 Å². The molecule has 0 unspecified atom stereocenters. The summed E-state index contributed by atoms with van der Waals surface area (Å²) in [5.41, 5.74) is 1.22. The van der Waals surface area contributed by atoms with Crippen molar-refractivity contribution in [2.24, 2.45) is 0 Å². The predicted molar refractivity (Wildman–Crippen MR) is 132 cm³/mol. The molecule has 1 fully saturated rings. The number of aromatic carboxylic acids is 1. The van der Waals surface area contributed by atoms with Crippen molar-refractivity contribution in [3.8, 4) is 11.7 Å². The predicted octanol–water partition coefficient (Wildman–Crippen LogP) is 3.88. The van der Waals surface area contributed by atoms with Crippen LogP contribution in [-0.2, 0) is 0 Å². The number of carboxylic acid groups (broad SMARTS) is 1. The molecular formula is C25H22ClN5O4. The van der Waals surface area contributed by atoms with Crippen LogP contribution in [0, 0.1) is 6.92 Å². The molecule has 0 amide bonds. The highest BCUT2D eigenvalue weighted by Crippen LogP contribution is 2.35. The summed E-state index contributed by atoms with van der Waals surface area (Å²) in [6, 6.07) is 7.22. The van der Waals surface area contributed by atoms with Crippen LogP contribution in [0.15, 0.2) is 60.0 Å². The monoisotopic (exact) mass is 491 g/mol. The summed E-state index contributed by atoms with van der Waals surface area (Å²) in [5, 5.41) is 10.2. The van der Waals surface area contributed by atoms with Crippen molar-refractivity contribution in [3.63, 3.8) is 0 Å². The molecule has 0 bridgehead atoms. The molecule has 178 valence electrons. The van der Waals surface area contributed by atoms with Crippen LogP contribution >= 0.6 is 11.6 Å². The van der Waals surface area contributed by atoms with Crippen LogP contribution < -0.4 is 15.1 Å². The number of fused-ring (bicyclic) bond motifs is 1. The minimum absolute atomic E-state index is 0.0568. The molecular weight excluding hydrogens is 470 g/mol. The lowest BCUT2D eigenvalue weighted by Crippen LogP contribution is -2.34. The fourth-order valence-corrected chi connectivity index (χ4v) is 4.71. The third-order valence-corrected chi connectivity index (χ3v) is 6.46. The zero-order valence-electron chi connectivity index (χ0n) is 18.9. The summed E-state index contributed by atoms with van der Waals surface area (Å²) in [6.07, 6.45) is 9.38. The Labute approximate surface area is 205 Å². The van der Waals surface area contributed by atoms with Gasteiger partial charge in [0.05, 0.1) is 28.5 Å². The largest absolute Gasteiger partial charge is 0.477 e. The lowest BCUT2D eigenvalue weighted by atomic mass is 10.1. The van der Waals surface area contributed by atoms with Gasteiger partial charge in [0.2, 0.25) is 11.3 Å². The van der Waals surface area contributed by atoms with Crippen LogP contribution in [0.3, 0.4) is 0 Å². The van der Waals surface area contributed by atoms with Crippen molar-refractivity contribution in [3.05, 3.63) is 81.6 Å². The van der Waals surface area contributed by atoms with Gasteiger partial charge in [0.1, 0.15) is 12.2 Å². The van der Waals surface area contributed by atoms with Crippen molar-refractivity contribution < 1.29 is 14.6 Å². The number of rotatable bonds is 6. The number of ether oxygens (including phenoxy) is 1. The standard InChI is InChI=1S/C25H22ClN5O4/c1-15-4-2-6-29-24(15)35-14-16-5-3-9-30(16)21-11-20-17(10-19(21)26)23(32)18(25(33)34)13-31(20)22-12-27-7-8-28-22/h2,4,6-8,10-13,16H,3,5,9,14H2,1H3,(H,33,34)/t16-/m1/s1. The van der Waals surface area contributed by atoms with Gasteiger partial charge in [-0.3, -0.25) is 14.3 Å². The average molecular weight is 492 g/mol. The normalized spacial score (nSPS) is 15.5. The van der Waals surface area contributed by atoms with E-state index < -0.39 is 11.4 Å². The Kier molecular flexibility index (Phi) is 6.08. The molecule has 3 aromatic heterocycles. The van der Waals surface area contributed by atoms with E-state index >= 15 is 0 Å². The number of pyridine rings is 2. The van der Waals surface area contributed by atoms with Gasteiger partial charge in [0.25, 0.3) is 0 Å².